The maximum Gasteiger partial charge on any atom is 0.266 e. The third-order valence-corrected chi connectivity index (χ3v) is 4.84. The predicted octanol–water partition coefficient (Wildman–Crippen LogP) is 3.62. The minimum atomic E-state index is -0.443. The van der Waals surface area contributed by atoms with Crippen molar-refractivity contribution in [1.29, 1.82) is 5.26 Å². The smallest absolute Gasteiger partial charge is 0.266 e. The van der Waals surface area contributed by atoms with Gasteiger partial charge in [-0.25, -0.2) is 0 Å². The van der Waals surface area contributed by atoms with Crippen molar-refractivity contribution in [2.24, 2.45) is 0 Å². The van der Waals surface area contributed by atoms with Gasteiger partial charge in [0.05, 0.1) is 24.4 Å². The molecule has 1 aliphatic rings. The van der Waals surface area contributed by atoms with Crippen LogP contribution < -0.4 is 10.2 Å². The van der Waals surface area contributed by atoms with Crippen molar-refractivity contribution in [1.82, 2.24) is 4.98 Å². The summed E-state index contributed by atoms with van der Waals surface area (Å²) in [6, 6.07) is 19.0. The van der Waals surface area contributed by atoms with E-state index in [-0.39, 0.29) is 5.57 Å². The number of morpholine rings is 1. The van der Waals surface area contributed by atoms with E-state index in [9.17, 15) is 10.1 Å². The van der Waals surface area contributed by atoms with E-state index < -0.39 is 5.91 Å². The molecular weight excluding hydrogens is 364 g/mol. The van der Waals surface area contributed by atoms with Crippen LogP contribution in [-0.2, 0) is 9.53 Å². The second kappa shape index (κ2) is 8.55. The van der Waals surface area contributed by atoms with E-state index in [2.05, 4.69) is 15.2 Å². The molecule has 4 rings (SSSR count). The number of fused-ring (bicyclic) bond motifs is 1. The van der Waals surface area contributed by atoms with Crippen LogP contribution in [0.3, 0.4) is 0 Å². The Kier molecular flexibility index (Phi) is 5.50. The maximum absolute atomic E-state index is 12.7. The standard InChI is InChI=1S/C23H20N4O2/c24-16-18(15-17-6-8-19(9-7-17)27-11-13-29-14-12-27)23(28)26-22-5-1-4-21-20(22)3-2-10-25-21/h1-10,15H,11-14H2,(H,26,28)/b18-15-. The van der Waals surface area contributed by atoms with Gasteiger partial charge in [-0.3, -0.25) is 9.78 Å². The van der Waals surface area contributed by atoms with E-state index >= 15 is 0 Å². The Morgan fingerprint density at radius 3 is 2.66 bits per heavy atom. The van der Waals surface area contributed by atoms with E-state index in [0.29, 0.717) is 5.69 Å². The number of ether oxygens (including phenoxy) is 1. The molecule has 0 unspecified atom stereocenters. The summed E-state index contributed by atoms with van der Waals surface area (Å²) in [6.07, 6.45) is 3.30. The van der Waals surface area contributed by atoms with E-state index in [0.717, 1.165) is 48.5 Å². The van der Waals surface area contributed by atoms with Gasteiger partial charge < -0.3 is 15.0 Å². The average molecular weight is 384 g/mol. The number of pyridine rings is 1. The van der Waals surface area contributed by atoms with Gasteiger partial charge in [-0.15, -0.1) is 0 Å². The molecule has 144 valence electrons. The second-order valence-electron chi connectivity index (χ2n) is 6.69. The predicted molar refractivity (Wildman–Crippen MR) is 113 cm³/mol. The van der Waals surface area contributed by atoms with E-state index in [1.165, 1.54) is 0 Å². The lowest BCUT2D eigenvalue weighted by Crippen LogP contribution is -2.36. The number of hydrogen-bond acceptors (Lipinski definition) is 5. The summed E-state index contributed by atoms with van der Waals surface area (Å²) < 4.78 is 5.38. The quantitative estimate of drug-likeness (QED) is 0.549. The Morgan fingerprint density at radius 2 is 1.90 bits per heavy atom. The van der Waals surface area contributed by atoms with Crippen LogP contribution in [0.5, 0.6) is 0 Å². The van der Waals surface area contributed by atoms with Gasteiger partial charge in [0.2, 0.25) is 0 Å². The highest BCUT2D eigenvalue weighted by molar-refractivity contribution is 6.12. The molecule has 6 heteroatoms. The summed E-state index contributed by atoms with van der Waals surface area (Å²) in [7, 11) is 0. The van der Waals surface area contributed by atoms with Crippen LogP contribution in [0.15, 0.2) is 66.4 Å². The Hall–Kier alpha value is -3.69. The number of nitrogens with zero attached hydrogens (tertiary/aromatic N) is 3. The van der Waals surface area contributed by atoms with Crippen molar-refractivity contribution in [3.63, 3.8) is 0 Å². The molecule has 6 nitrogen and oxygen atoms in total. The van der Waals surface area contributed by atoms with E-state index in [1.807, 2.05) is 54.6 Å². The van der Waals surface area contributed by atoms with Gasteiger partial charge >= 0.3 is 0 Å². The van der Waals surface area contributed by atoms with Crippen molar-refractivity contribution >= 4 is 34.3 Å². The molecule has 1 amide bonds. The number of benzene rings is 2. The highest BCUT2D eigenvalue weighted by Crippen LogP contribution is 2.22. The van der Waals surface area contributed by atoms with Crippen LogP contribution in [0.4, 0.5) is 11.4 Å². The summed E-state index contributed by atoms with van der Waals surface area (Å²) in [6.45, 7) is 3.18. The molecule has 0 bridgehead atoms. The molecule has 1 aliphatic heterocycles. The van der Waals surface area contributed by atoms with Gasteiger partial charge in [-0.05, 0) is 48.0 Å². The fourth-order valence-electron chi connectivity index (χ4n) is 3.32. The van der Waals surface area contributed by atoms with Gasteiger partial charge in [0, 0.05) is 30.4 Å². The molecule has 0 aliphatic carbocycles. The van der Waals surface area contributed by atoms with Crippen molar-refractivity contribution in [3.05, 3.63) is 71.9 Å². The molecule has 1 fully saturated rings. The van der Waals surface area contributed by atoms with Crippen LogP contribution in [0.1, 0.15) is 5.56 Å². The summed E-state index contributed by atoms with van der Waals surface area (Å²) in [5, 5.41) is 13.2. The number of nitriles is 1. The first kappa shape index (κ1) is 18.7. The molecule has 0 atom stereocenters. The Bertz CT molecular complexity index is 1090. The largest absolute Gasteiger partial charge is 0.378 e. The van der Waals surface area contributed by atoms with Crippen molar-refractivity contribution in [2.45, 2.75) is 0 Å². The molecule has 2 aromatic carbocycles. The van der Waals surface area contributed by atoms with Crippen LogP contribution in [0.25, 0.3) is 17.0 Å². The minimum absolute atomic E-state index is 0.0463. The molecule has 0 saturated carbocycles. The molecular formula is C23H20N4O2. The second-order valence-corrected chi connectivity index (χ2v) is 6.69. The molecule has 1 saturated heterocycles. The number of carbonyl (C=O) groups is 1. The summed E-state index contributed by atoms with van der Waals surface area (Å²) in [4.78, 5) is 19.2. The van der Waals surface area contributed by atoms with Crippen LogP contribution >= 0.6 is 0 Å². The minimum Gasteiger partial charge on any atom is -0.378 e. The summed E-state index contributed by atoms with van der Waals surface area (Å²) in [5.41, 5.74) is 3.37. The first-order chi connectivity index (χ1) is 14.2. The molecule has 3 aromatic rings. The number of amides is 1. The van der Waals surface area contributed by atoms with Gasteiger partial charge in [0.15, 0.2) is 0 Å². The molecule has 29 heavy (non-hydrogen) atoms. The third-order valence-electron chi connectivity index (χ3n) is 4.84. The summed E-state index contributed by atoms with van der Waals surface area (Å²) in [5.74, 6) is -0.443. The highest BCUT2D eigenvalue weighted by atomic mass is 16.5. The first-order valence-electron chi connectivity index (χ1n) is 9.44. The summed E-state index contributed by atoms with van der Waals surface area (Å²) >= 11 is 0. The number of nitrogens with one attached hydrogen (secondary N) is 1. The van der Waals surface area contributed by atoms with E-state index in [4.69, 9.17) is 4.74 Å². The zero-order chi connectivity index (χ0) is 20.1. The fourth-order valence-corrected chi connectivity index (χ4v) is 3.32. The average Bonchev–Trinajstić information content (AvgIpc) is 2.78. The molecule has 0 spiro atoms. The van der Waals surface area contributed by atoms with Crippen molar-refractivity contribution in [2.75, 3.05) is 36.5 Å². The SMILES string of the molecule is N#C/C(=C/c1ccc(N2CCOCC2)cc1)C(=O)Nc1cccc2ncccc12. The van der Waals surface area contributed by atoms with Gasteiger partial charge in [0.25, 0.3) is 5.91 Å². The van der Waals surface area contributed by atoms with Crippen molar-refractivity contribution < 1.29 is 9.53 Å². The lowest BCUT2D eigenvalue weighted by atomic mass is 10.1. The van der Waals surface area contributed by atoms with Crippen LogP contribution in [-0.4, -0.2) is 37.2 Å². The number of hydrogen-bond donors (Lipinski definition) is 1. The molecule has 0 radical (unpaired) electrons. The topological polar surface area (TPSA) is 78.2 Å². The van der Waals surface area contributed by atoms with Crippen LogP contribution in [0.2, 0.25) is 0 Å². The third kappa shape index (κ3) is 4.26. The van der Waals surface area contributed by atoms with Gasteiger partial charge in [-0.1, -0.05) is 18.2 Å². The van der Waals surface area contributed by atoms with Crippen molar-refractivity contribution in [3.8, 4) is 6.07 Å². The zero-order valence-corrected chi connectivity index (χ0v) is 15.8. The Labute approximate surface area is 169 Å². The normalized spacial score (nSPS) is 14.4. The fraction of sp³-hybridized carbons (Fsp3) is 0.174. The van der Waals surface area contributed by atoms with Gasteiger partial charge in [-0.2, -0.15) is 5.26 Å². The molecule has 2 heterocycles. The lowest BCUT2D eigenvalue weighted by Gasteiger charge is -2.28. The first-order valence-corrected chi connectivity index (χ1v) is 9.44. The van der Waals surface area contributed by atoms with Crippen LogP contribution in [0, 0.1) is 11.3 Å². The highest BCUT2D eigenvalue weighted by Gasteiger charge is 2.13. The van der Waals surface area contributed by atoms with Gasteiger partial charge in [0.1, 0.15) is 11.6 Å². The number of carbonyl (C=O) groups excluding carboxylic acids is 1. The number of anilines is 2. The monoisotopic (exact) mass is 384 g/mol. The Balaban J connectivity index is 1.52. The number of aromatic nitrogens is 1. The maximum atomic E-state index is 12.7. The molecule has 1 aromatic heterocycles. The lowest BCUT2D eigenvalue weighted by molar-refractivity contribution is -0.112. The number of rotatable bonds is 4. The van der Waals surface area contributed by atoms with E-state index in [1.54, 1.807) is 18.3 Å². The Morgan fingerprint density at radius 1 is 1.10 bits per heavy atom. The molecule has 1 N–H and O–H groups in total. The zero-order valence-electron chi connectivity index (χ0n) is 15.8.